The molecule has 0 saturated carbocycles. The molecule has 0 amide bonds. The van der Waals surface area contributed by atoms with Gasteiger partial charge in [0, 0.05) is 34.5 Å². The van der Waals surface area contributed by atoms with Crippen LogP contribution in [0.3, 0.4) is 0 Å². The standard InChI is InChI=1S/C19H22N2S.ClH/c1-14-17(10-11-20)18-12-16(22-2)8-9-19(18)21(14)13-15-6-4-3-5-7-15;/h3-9,12H,10-11,13,20H2,1-2H3;1H. The average molecular weight is 347 g/mol. The molecular formula is C19H23ClN2S. The lowest BCUT2D eigenvalue weighted by atomic mass is 10.1. The molecular weight excluding hydrogens is 324 g/mol. The number of nitrogens with zero attached hydrogens (tertiary/aromatic N) is 1. The van der Waals surface area contributed by atoms with Crippen LogP contribution in [0.1, 0.15) is 16.8 Å². The molecule has 23 heavy (non-hydrogen) atoms. The van der Waals surface area contributed by atoms with Crippen LogP contribution in [0.5, 0.6) is 0 Å². The highest BCUT2D eigenvalue weighted by molar-refractivity contribution is 7.98. The molecule has 0 aliphatic carbocycles. The van der Waals surface area contributed by atoms with Crippen molar-refractivity contribution in [2.45, 2.75) is 24.8 Å². The van der Waals surface area contributed by atoms with Gasteiger partial charge in [-0.25, -0.2) is 0 Å². The van der Waals surface area contributed by atoms with Gasteiger partial charge >= 0.3 is 0 Å². The Bertz CT molecular complexity index is 781. The van der Waals surface area contributed by atoms with Gasteiger partial charge in [-0.15, -0.1) is 11.8 Å². The van der Waals surface area contributed by atoms with Crippen LogP contribution in [0.2, 0.25) is 0 Å². The van der Waals surface area contributed by atoms with E-state index >= 15 is 0 Å². The molecule has 2 nitrogen and oxygen atoms in total. The molecule has 0 radical (unpaired) electrons. The zero-order valence-electron chi connectivity index (χ0n) is 13.7. The summed E-state index contributed by atoms with van der Waals surface area (Å²) in [5.41, 5.74) is 9.56. The molecule has 1 heterocycles. The second-order valence-corrected chi connectivity index (χ2v) is 6.50. The van der Waals surface area contributed by atoms with Gasteiger partial charge < -0.3 is 22.7 Å². The summed E-state index contributed by atoms with van der Waals surface area (Å²) in [5.74, 6) is 0. The van der Waals surface area contributed by atoms with Gasteiger partial charge in [0.15, 0.2) is 0 Å². The number of thioether (sulfide) groups is 1. The molecule has 0 bridgehead atoms. The number of rotatable bonds is 5. The third-order valence-corrected chi connectivity index (χ3v) is 5.00. The van der Waals surface area contributed by atoms with Crippen molar-refractivity contribution in [2.24, 2.45) is 0 Å². The highest BCUT2D eigenvalue weighted by Crippen LogP contribution is 2.30. The van der Waals surface area contributed by atoms with E-state index < -0.39 is 0 Å². The quantitative estimate of drug-likeness (QED) is 0.671. The van der Waals surface area contributed by atoms with Gasteiger partial charge in [0.1, 0.15) is 0 Å². The minimum absolute atomic E-state index is 0. The van der Waals surface area contributed by atoms with Crippen molar-refractivity contribution in [3.8, 4) is 0 Å². The maximum atomic E-state index is 4.05. The van der Waals surface area contributed by atoms with E-state index in [1.165, 1.54) is 32.6 Å². The minimum Gasteiger partial charge on any atom is -1.00 e. The lowest BCUT2D eigenvalue weighted by Crippen LogP contribution is -3.00. The third kappa shape index (κ3) is 3.57. The average Bonchev–Trinajstić information content (AvgIpc) is 2.81. The molecule has 122 valence electrons. The number of halogens is 1. The molecule has 3 aromatic rings. The van der Waals surface area contributed by atoms with Crippen LogP contribution in [-0.4, -0.2) is 17.4 Å². The van der Waals surface area contributed by atoms with E-state index in [1.54, 1.807) is 11.8 Å². The summed E-state index contributed by atoms with van der Waals surface area (Å²) in [5, 5.41) is 1.39. The highest BCUT2D eigenvalue weighted by Gasteiger charge is 2.14. The van der Waals surface area contributed by atoms with Crippen molar-refractivity contribution in [3.63, 3.8) is 0 Å². The molecule has 3 N–H and O–H groups in total. The van der Waals surface area contributed by atoms with Gasteiger partial charge in [-0.05, 0) is 42.5 Å². The Morgan fingerprint density at radius 3 is 2.48 bits per heavy atom. The minimum atomic E-state index is 0. The summed E-state index contributed by atoms with van der Waals surface area (Å²) in [7, 11) is 0. The Balaban J connectivity index is 0.00000192. The molecule has 2 aromatic carbocycles. The molecule has 0 spiro atoms. The maximum Gasteiger partial charge on any atom is 0.0781 e. The van der Waals surface area contributed by atoms with E-state index in [0.717, 1.165) is 19.5 Å². The van der Waals surface area contributed by atoms with Crippen molar-refractivity contribution >= 4 is 22.7 Å². The van der Waals surface area contributed by atoms with Crippen molar-refractivity contribution in [2.75, 3.05) is 12.8 Å². The topological polar surface area (TPSA) is 32.6 Å². The van der Waals surface area contributed by atoms with Crippen molar-refractivity contribution in [1.82, 2.24) is 4.57 Å². The summed E-state index contributed by atoms with van der Waals surface area (Å²) in [6.45, 7) is 4.11. The Kier molecular flexibility index (Phi) is 6.17. The summed E-state index contributed by atoms with van der Waals surface area (Å²) in [6.07, 6.45) is 3.18. The van der Waals surface area contributed by atoms with Gasteiger partial charge in [0.05, 0.1) is 6.54 Å². The fourth-order valence-electron chi connectivity index (χ4n) is 3.12. The first-order valence-electron chi connectivity index (χ1n) is 7.73. The highest BCUT2D eigenvalue weighted by atomic mass is 35.5. The van der Waals surface area contributed by atoms with Gasteiger partial charge in [-0.2, -0.15) is 0 Å². The van der Waals surface area contributed by atoms with E-state index in [-0.39, 0.29) is 12.4 Å². The zero-order valence-corrected chi connectivity index (χ0v) is 15.3. The molecule has 0 aliphatic rings. The monoisotopic (exact) mass is 346 g/mol. The van der Waals surface area contributed by atoms with E-state index in [4.69, 9.17) is 0 Å². The Morgan fingerprint density at radius 2 is 1.83 bits per heavy atom. The van der Waals surface area contributed by atoms with E-state index in [2.05, 4.69) is 72.0 Å². The van der Waals surface area contributed by atoms with Crippen LogP contribution < -0.4 is 18.1 Å². The predicted molar refractivity (Wildman–Crippen MR) is 95.5 cm³/mol. The second-order valence-electron chi connectivity index (χ2n) is 5.62. The second kappa shape index (κ2) is 7.91. The molecule has 4 heteroatoms. The summed E-state index contributed by atoms with van der Waals surface area (Å²) >= 11 is 1.80. The molecule has 1 aromatic heterocycles. The van der Waals surface area contributed by atoms with Crippen LogP contribution in [0, 0.1) is 6.92 Å². The SMILES string of the molecule is CSc1ccc2c(c1)c(CC[NH3+])c(C)n2Cc1ccccc1.[Cl-]. The largest absolute Gasteiger partial charge is 1.00 e. The van der Waals surface area contributed by atoms with Crippen molar-refractivity contribution < 1.29 is 18.1 Å². The lowest BCUT2D eigenvalue weighted by molar-refractivity contribution is -0.366. The van der Waals surface area contributed by atoms with Gasteiger partial charge in [-0.1, -0.05) is 30.3 Å². The third-order valence-electron chi connectivity index (χ3n) is 4.27. The first-order chi connectivity index (χ1) is 10.7. The molecule has 3 rings (SSSR count). The first-order valence-corrected chi connectivity index (χ1v) is 8.96. The lowest BCUT2D eigenvalue weighted by Gasteiger charge is -2.09. The Hall–Kier alpha value is -1.42. The summed E-state index contributed by atoms with van der Waals surface area (Å²) < 4.78 is 2.44. The van der Waals surface area contributed by atoms with Gasteiger partial charge in [0.2, 0.25) is 0 Å². The van der Waals surface area contributed by atoms with Crippen molar-refractivity contribution in [3.05, 3.63) is 65.4 Å². The fourth-order valence-corrected chi connectivity index (χ4v) is 3.56. The van der Waals surface area contributed by atoms with Gasteiger partial charge in [0.25, 0.3) is 0 Å². The number of hydrogen-bond donors (Lipinski definition) is 1. The smallest absolute Gasteiger partial charge is 0.0781 e. The summed E-state index contributed by atoms with van der Waals surface area (Å²) in [4.78, 5) is 1.33. The normalized spacial score (nSPS) is 10.7. The molecule has 0 atom stereocenters. The molecule has 0 aliphatic heterocycles. The zero-order chi connectivity index (χ0) is 15.5. The number of hydrogen-bond acceptors (Lipinski definition) is 1. The molecule has 0 fully saturated rings. The number of aromatic nitrogens is 1. The Morgan fingerprint density at radius 1 is 1.09 bits per heavy atom. The van der Waals surface area contributed by atoms with E-state index in [9.17, 15) is 0 Å². The van der Waals surface area contributed by atoms with Crippen LogP contribution in [0.15, 0.2) is 53.4 Å². The number of benzene rings is 2. The van der Waals surface area contributed by atoms with Crippen LogP contribution in [-0.2, 0) is 13.0 Å². The molecule has 0 saturated heterocycles. The fraction of sp³-hybridized carbons (Fsp3) is 0.263. The van der Waals surface area contributed by atoms with Crippen LogP contribution in [0.25, 0.3) is 10.9 Å². The first kappa shape index (κ1) is 17.9. The number of fused-ring (bicyclic) bond motifs is 1. The maximum absolute atomic E-state index is 4.05. The van der Waals surface area contributed by atoms with Gasteiger partial charge in [-0.3, -0.25) is 0 Å². The predicted octanol–water partition coefficient (Wildman–Crippen LogP) is 0.508. The van der Waals surface area contributed by atoms with Crippen LogP contribution in [0.4, 0.5) is 0 Å². The Labute approximate surface area is 148 Å². The number of quaternary nitrogens is 1. The van der Waals surface area contributed by atoms with E-state index in [1.807, 2.05) is 0 Å². The molecule has 0 unspecified atom stereocenters. The van der Waals surface area contributed by atoms with E-state index in [0.29, 0.717) is 0 Å². The van der Waals surface area contributed by atoms with Crippen LogP contribution >= 0.6 is 11.8 Å². The summed E-state index contributed by atoms with van der Waals surface area (Å²) in [6, 6.07) is 17.5. The van der Waals surface area contributed by atoms with Crippen molar-refractivity contribution in [1.29, 1.82) is 0 Å².